The van der Waals surface area contributed by atoms with Crippen LogP contribution in [0.5, 0.6) is 5.75 Å². The molecule has 5 heteroatoms. The Hall–Kier alpha value is -1.33. The van der Waals surface area contributed by atoms with Gasteiger partial charge in [0.2, 0.25) is 0 Å². The molecule has 1 aromatic rings. The number of thioether (sulfide) groups is 1. The van der Waals surface area contributed by atoms with Crippen LogP contribution < -0.4 is 4.74 Å². The monoisotopic (exact) mass is 319 g/mol. The first-order chi connectivity index (χ1) is 10.2. The first kappa shape index (κ1) is 14.6. The van der Waals surface area contributed by atoms with Crippen LogP contribution in [-0.2, 0) is 4.79 Å². The molecular formula is C16H17NO2S2. The number of methoxy groups -OCH3 is 1. The fourth-order valence-corrected chi connectivity index (χ4v) is 4.21. The number of amides is 1. The minimum atomic E-state index is 0.0627. The smallest absolute Gasteiger partial charge is 0.266 e. The van der Waals surface area contributed by atoms with E-state index < -0.39 is 0 Å². The van der Waals surface area contributed by atoms with Crippen LogP contribution in [0.1, 0.15) is 31.2 Å². The van der Waals surface area contributed by atoms with Crippen LogP contribution in [-0.4, -0.2) is 28.3 Å². The molecule has 21 heavy (non-hydrogen) atoms. The van der Waals surface area contributed by atoms with Crippen molar-refractivity contribution >= 4 is 40.3 Å². The van der Waals surface area contributed by atoms with Crippen LogP contribution in [0.25, 0.3) is 6.08 Å². The van der Waals surface area contributed by atoms with E-state index in [0.717, 1.165) is 29.1 Å². The zero-order valence-corrected chi connectivity index (χ0v) is 13.5. The largest absolute Gasteiger partial charge is 0.497 e. The Balaban J connectivity index is 1.80. The van der Waals surface area contributed by atoms with Crippen molar-refractivity contribution in [1.82, 2.24) is 4.90 Å². The van der Waals surface area contributed by atoms with Gasteiger partial charge in [-0.05, 0) is 36.6 Å². The lowest BCUT2D eigenvalue weighted by atomic mass is 10.2. The molecule has 1 aliphatic heterocycles. The molecule has 3 rings (SSSR count). The van der Waals surface area contributed by atoms with Crippen molar-refractivity contribution in [1.29, 1.82) is 0 Å². The molecule has 0 aromatic heterocycles. The Morgan fingerprint density at radius 2 is 1.95 bits per heavy atom. The number of carbonyl (C=O) groups is 1. The molecule has 0 N–H and O–H groups in total. The predicted octanol–water partition coefficient (Wildman–Crippen LogP) is 3.84. The van der Waals surface area contributed by atoms with E-state index in [4.69, 9.17) is 17.0 Å². The second-order valence-corrected chi connectivity index (χ2v) is 6.94. The van der Waals surface area contributed by atoms with E-state index in [0.29, 0.717) is 10.4 Å². The average molecular weight is 319 g/mol. The van der Waals surface area contributed by atoms with E-state index in [1.54, 1.807) is 7.11 Å². The molecule has 0 unspecified atom stereocenters. The highest BCUT2D eigenvalue weighted by molar-refractivity contribution is 8.26. The van der Waals surface area contributed by atoms with Gasteiger partial charge in [0.25, 0.3) is 5.91 Å². The second-order valence-electron chi connectivity index (χ2n) is 5.26. The van der Waals surface area contributed by atoms with Crippen LogP contribution in [0.15, 0.2) is 29.2 Å². The average Bonchev–Trinajstić information content (AvgIpc) is 3.09. The minimum Gasteiger partial charge on any atom is -0.497 e. The lowest BCUT2D eigenvalue weighted by Gasteiger charge is -2.21. The van der Waals surface area contributed by atoms with Crippen LogP contribution in [0.2, 0.25) is 0 Å². The molecule has 1 amide bonds. The summed E-state index contributed by atoms with van der Waals surface area (Å²) in [6.45, 7) is 0. The maximum Gasteiger partial charge on any atom is 0.266 e. The third-order valence-corrected chi connectivity index (χ3v) is 5.26. The molecule has 0 radical (unpaired) electrons. The Morgan fingerprint density at radius 1 is 1.29 bits per heavy atom. The van der Waals surface area contributed by atoms with Crippen LogP contribution in [0.3, 0.4) is 0 Å². The maximum atomic E-state index is 12.6. The molecule has 1 saturated carbocycles. The molecule has 0 bridgehead atoms. The summed E-state index contributed by atoms with van der Waals surface area (Å²) in [5, 5.41) is 0. The van der Waals surface area contributed by atoms with Crippen molar-refractivity contribution in [3.05, 3.63) is 34.7 Å². The van der Waals surface area contributed by atoms with E-state index in [1.807, 2.05) is 35.2 Å². The summed E-state index contributed by atoms with van der Waals surface area (Å²) in [5.41, 5.74) is 0.989. The first-order valence-corrected chi connectivity index (χ1v) is 8.32. The normalized spacial score (nSPS) is 21.6. The highest BCUT2D eigenvalue weighted by Gasteiger charge is 2.37. The maximum absolute atomic E-state index is 12.6. The number of rotatable bonds is 3. The van der Waals surface area contributed by atoms with Gasteiger partial charge in [0.05, 0.1) is 12.0 Å². The van der Waals surface area contributed by atoms with Crippen molar-refractivity contribution in [3.63, 3.8) is 0 Å². The Labute approximate surface area is 134 Å². The quantitative estimate of drug-likeness (QED) is 0.625. The van der Waals surface area contributed by atoms with Gasteiger partial charge in [-0.2, -0.15) is 0 Å². The number of benzene rings is 1. The van der Waals surface area contributed by atoms with Crippen molar-refractivity contribution in [2.24, 2.45) is 0 Å². The van der Waals surface area contributed by atoms with Gasteiger partial charge < -0.3 is 4.74 Å². The van der Waals surface area contributed by atoms with Gasteiger partial charge in [-0.25, -0.2) is 0 Å². The SMILES string of the molecule is COc1ccc(C=C2SC(=S)N(C3CCCC3)C2=O)cc1. The summed E-state index contributed by atoms with van der Waals surface area (Å²) >= 11 is 6.81. The Morgan fingerprint density at radius 3 is 2.57 bits per heavy atom. The molecular weight excluding hydrogens is 302 g/mol. The first-order valence-electron chi connectivity index (χ1n) is 7.10. The molecule has 1 saturated heterocycles. The zero-order valence-electron chi connectivity index (χ0n) is 11.9. The summed E-state index contributed by atoms with van der Waals surface area (Å²) in [6, 6.07) is 7.98. The van der Waals surface area contributed by atoms with E-state index >= 15 is 0 Å². The topological polar surface area (TPSA) is 29.5 Å². The number of carbonyl (C=O) groups excluding carboxylic acids is 1. The predicted molar refractivity (Wildman–Crippen MR) is 90.3 cm³/mol. The van der Waals surface area contributed by atoms with Gasteiger partial charge in [0.15, 0.2) is 0 Å². The summed E-state index contributed by atoms with van der Waals surface area (Å²) in [6.07, 6.45) is 6.44. The van der Waals surface area contributed by atoms with Crippen molar-refractivity contribution < 1.29 is 9.53 Å². The van der Waals surface area contributed by atoms with E-state index in [9.17, 15) is 4.79 Å². The van der Waals surface area contributed by atoms with Gasteiger partial charge in [-0.15, -0.1) is 0 Å². The van der Waals surface area contributed by atoms with Gasteiger partial charge in [-0.1, -0.05) is 49.0 Å². The lowest BCUT2D eigenvalue weighted by molar-refractivity contribution is -0.123. The molecule has 0 atom stereocenters. The van der Waals surface area contributed by atoms with Crippen LogP contribution in [0.4, 0.5) is 0 Å². The Kier molecular flexibility index (Phi) is 4.31. The second kappa shape index (κ2) is 6.20. The van der Waals surface area contributed by atoms with Gasteiger partial charge in [0.1, 0.15) is 10.1 Å². The number of hydrogen-bond donors (Lipinski definition) is 0. The van der Waals surface area contributed by atoms with Crippen LogP contribution >= 0.6 is 24.0 Å². The van der Waals surface area contributed by atoms with Gasteiger partial charge in [0, 0.05) is 6.04 Å². The summed E-state index contributed by atoms with van der Waals surface area (Å²) in [7, 11) is 1.64. The van der Waals surface area contributed by atoms with Crippen molar-refractivity contribution in [2.45, 2.75) is 31.7 Å². The molecule has 1 aliphatic carbocycles. The Bertz CT molecular complexity index is 589. The number of hydrogen-bond acceptors (Lipinski definition) is 4. The van der Waals surface area contributed by atoms with Crippen molar-refractivity contribution in [3.8, 4) is 5.75 Å². The molecule has 1 aromatic carbocycles. The molecule has 3 nitrogen and oxygen atoms in total. The third-order valence-electron chi connectivity index (χ3n) is 3.93. The van der Waals surface area contributed by atoms with E-state index in [1.165, 1.54) is 24.6 Å². The molecule has 2 aliphatic rings. The molecule has 2 fully saturated rings. The van der Waals surface area contributed by atoms with Gasteiger partial charge >= 0.3 is 0 Å². The lowest BCUT2D eigenvalue weighted by Crippen LogP contribution is -2.36. The fraction of sp³-hybridized carbons (Fsp3) is 0.375. The standard InChI is InChI=1S/C16H17NO2S2/c1-19-13-8-6-11(7-9-13)10-14-15(18)17(16(20)21-14)12-4-2-3-5-12/h6-10,12H,2-5H2,1H3. The highest BCUT2D eigenvalue weighted by Crippen LogP contribution is 2.37. The van der Waals surface area contributed by atoms with E-state index in [2.05, 4.69) is 0 Å². The number of nitrogens with zero attached hydrogens (tertiary/aromatic N) is 1. The minimum absolute atomic E-state index is 0.0627. The fourth-order valence-electron chi connectivity index (χ4n) is 2.81. The van der Waals surface area contributed by atoms with Gasteiger partial charge in [-0.3, -0.25) is 9.69 Å². The summed E-state index contributed by atoms with van der Waals surface area (Å²) in [4.78, 5) is 15.1. The number of thiocarbonyl (C=S) groups is 1. The molecule has 0 spiro atoms. The molecule has 1 heterocycles. The summed E-state index contributed by atoms with van der Waals surface area (Å²) in [5.74, 6) is 0.873. The summed E-state index contributed by atoms with van der Waals surface area (Å²) < 4.78 is 5.84. The van der Waals surface area contributed by atoms with Crippen LogP contribution in [0, 0.1) is 0 Å². The third kappa shape index (κ3) is 2.99. The number of ether oxygens (including phenoxy) is 1. The zero-order chi connectivity index (χ0) is 14.8. The molecule has 110 valence electrons. The van der Waals surface area contributed by atoms with Crippen molar-refractivity contribution in [2.75, 3.05) is 7.11 Å². The highest BCUT2D eigenvalue weighted by atomic mass is 32.2. The van der Waals surface area contributed by atoms with E-state index in [-0.39, 0.29) is 5.91 Å².